The highest BCUT2D eigenvalue weighted by atomic mass is 35.5. The number of aliphatic carboxylic acids is 1. The van der Waals surface area contributed by atoms with Crippen LogP contribution in [0.15, 0.2) is 0 Å². The van der Waals surface area contributed by atoms with Gasteiger partial charge in [0.15, 0.2) is 5.38 Å². The molecule has 0 saturated heterocycles. The van der Waals surface area contributed by atoms with Crippen LogP contribution in [0.3, 0.4) is 0 Å². The molecule has 0 fully saturated rings. The van der Waals surface area contributed by atoms with Gasteiger partial charge < -0.3 is 10.2 Å². The normalized spacial score (nSPS) is 16.8. The number of carboxylic acids is 1. The first kappa shape index (κ1) is 8.72. The Bertz CT molecular complexity index is 104. The number of hydrogen-bond donors (Lipinski definition) is 2. The number of hydrogen-bond acceptors (Lipinski definition) is 2. The van der Waals surface area contributed by atoms with Crippen LogP contribution in [0.5, 0.6) is 0 Å². The van der Waals surface area contributed by atoms with E-state index in [1.807, 2.05) is 0 Å². The van der Waals surface area contributed by atoms with E-state index in [4.69, 9.17) is 21.8 Å². The second kappa shape index (κ2) is 3.69. The quantitative estimate of drug-likeness (QED) is 0.578. The van der Waals surface area contributed by atoms with Crippen LogP contribution in [-0.4, -0.2) is 27.7 Å². The van der Waals surface area contributed by atoms with Gasteiger partial charge in [0.1, 0.15) is 0 Å². The Morgan fingerprint density at radius 3 is 2.33 bits per heavy atom. The third kappa shape index (κ3) is 2.67. The Balaban J connectivity index is 3.72. The van der Waals surface area contributed by atoms with Crippen molar-refractivity contribution in [3.05, 3.63) is 0 Å². The molecule has 0 rings (SSSR count). The van der Waals surface area contributed by atoms with E-state index >= 15 is 0 Å². The number of aliphatic hydroxyl groups is 1. The summed E-state index contributed by atoms with van der Waals surface area (Å²) < 4.78 is 0. The lowest BCUT2D eigenvalue weighted by Gasteiger charge is -2.08. The molecule has 0 aromatic carbocycles. The van der Waals surface area contributed by atoms with Gasteiger partial charge in [-0.1, -0.05) is 6.92 Å². The van der Waals surface area contributed by atoms with Gasteiger partial charge in [0.2, 0.25) is 0 Å². The molecule has 0 spiro atoms. The summed E-state index contributed by atoms with van der Waals surface area (Å²) in [5, 5.41) is 15.8. The molecule has 0 amide bonds. The summed E-state index contributed by atoms with van der Waals surface area (Å²) in [7, 11) is 0. The first-order valence-corrected chi connectivity index (χ1v) is 3.08. The molecular weight excluding hydrogens is 144 g/mol. The molecule has 9 heavy (non-hydrogen) atoms. The SMILES string of the molecule is CCC(O)C(Cl)C(=O)O. The average molecular weight is 153 g/mol. The van der Waals surface area contributed by atoms with Crippen molar-refractivity contribution in [2.75, 3.05) is 0 Å². The second-order valence-corrected chi connectivity index (χ2v) is 2.19. The Morgan fingerprint density at radius 1 is 1.78 bits per heavy atom. The van der Waals surface area contributed by atoms with Crippen LogP contribution in [0.1, 0.15) is 13.3 Å². The lowest BCUT2D eigenvalue weighted by molar-refractivity contribution is -0.138. The van der Waals surface area contributed by atoms with Crippen molar-refractivity contribution in [1.29, 1.82) is 0 Å². The average Bonchev–Trinajstić information content (AvgIpc) is 1.84. The lowest BCUT2D eigenvalue weighted by Crippen LogP contribution is -2.27. The molecule has 0 radical (unpaired) electrons. The highest BCUT2D eigenvalue weighted by Gasteiger charge is 2.21. The van der Waals surface area contributed by atoms with E-state index in [0.717, 1.165) is 0 Å². The molecule has 0 aliphatic rings. The Morgan fingerprint density at radius 2 is 2.22 bits per heavy atom. The van der Waals surface area contributed by atoms with Gasteiger partial charge in [-0.15, -0.1) is 11.6 Å². The smallest absolute Gasteiger partial charge is 0.324 e. The minimum absolute atomic E-state index is 0.362. The van der Waals surface area contributed by atoms with E-state index in [2.05, 4.69) is 0 Å². The maximum Gasteiger partial charge on any atom is 0.324 e. The van der Waals surface area contributed by atoms with Gasteiger partial charge in [0, 0.05) is 0 Å². The molecule has 0 aromatic heterocycles. The zero-order chi connectivity index (χ0) is 7.44. The maximum atomic E-state index is 10.0. The number of rotatable bonds is 3. The predicted octanol–water partition coefficient (Wildman–Crippen LogP) is 0.449. The van der Waals surface area contributed by atoms with Crippen molar-refractivity contribution in [2.24, 2.45) is 0 Å². The van der Waals surface area contributed by atoms with E-state index in [1.165, 1.54) is 0 Å². The summed E-state index contributed by atoms with van der Waals surface area (Å²) in [5.41, 5.74) is 0. The standard InChI is InChI=1S/C5H9ClO3/c1-2-3(7)4(6)5(8)9/h3-4,7H,2H2,1H3,(H,8,9). The number of aliphatic hydroxyl groups excluding tert-OH is 1. The van der Waals surface area contributed by atoms with Gasteiger partial charge in [-0.2, -0.15) is 0 Å². The number of halogens is 1. The van der Waals surface area contributed by atoms with Gasteiger partial charge in [-0.25, -0.2) is 0 Å². The molecule has 2 unspecified atom stereocenters. The molecule has 2 atom stereocenters. The van der Waals surface area contributed by atoms with Crippen LogP contribution in [0.25, 0.3) is 0 Å². The van der Waals surface area contributed by atoms with Gasteiger partial charge >= 0.3 is 5.97 Å². The Kier molecular flexibility index (Phi) is 3.58. The fourth-order valence-electron chi connectivity index (χ4n) is 0.372. The second-order valence-electron chi connectivity index (χ2n) is 1.72. The summed E-state index contributed by atoms with van der Waals surface area (Å²) in [5.74, 6) is -1.17. The number of carbonyl (C=O) groups is 1. The van der Waals surface area contributed by atoms with Gasteiger partial charge in [-0.3, -0.25) is 4.79 Å². The van der Waals surface area contributed by atoms with Crippen LogP contribution in [0.2, 0.25) is 0 Å². The first-order valence-electron chi connectivity index (χ1n) is 2.64. The van der Waals surface area contributed by atoms with Crippen LogP contribution in [-0.2, 0) is 4.79 Å². The molecule has 3 nitrogen and oxygen atoms in total. The third-order valence-electron chi connectivity index (χ3n) is 0.992. The van der Waals surface area contributed by atoms with Crippen molar-refractivity contribution in [3.8, 4) is 0 Å². The van der Waals surface area contributed by atoms with E-state index in [9.17, 15) is 4.79 Å². The maximum absolute atomic E-state index is 10.0. The highest BCUT2D eigenvalue weighted by molar-refractivity contribution is 6.30. The summed E-state index contributed by atoms with van der Waals surface area (Å²) in [6.07, 6.45) is -0.579. The third-order valence-corrected chi connectivity index (χ3v) is 1.47. The van der Waals surface area contributed by atoms with Crippen molar-refractivity contribution < 1.29 is 15.0 Å². The zero-order valence-corrected chi connectivity index (χ0v) is 5.80. The Labute approximate surface area is 58.3 Å². The van der Waals surface area contributed by atoms with Crippen molar-refractivity contribution in [2.45, 2.75) is 24.8 Å². The molecule has 54 valence electrons. The minimum Gasteiger partial charge on any atom is -0.480 e. The van der Waals surface area contributed by atoms with Gasteiger partial charge in [-0.05, 0) is 6.42 Å². The van der Waals surface area contributed by atoms with E-state index in [-0.39, 0.29) is 0 Å². The monoisotopic (exact) mass is 152 g/mol. The fourth-order valence-corrected chi connectivity index (χ4v) is 0.550. The fraction of sp³-hybridized carbons (Fsp3) is 0.800. The lowest BCUT2D eigenvalue weighted by atomic mass is 10.2. The van der Waals surface area contributed by atoms with Crippen LogP contribution >= 0.6 is 11.6 Å². The van der Waals surface area contributed by atoms with Gasteiger partial charge in [0.05, 0.1) is 6.10 Å². The summed E-state index contributed by atoms with van der Waals surface area (Å²) in [6, 6.07) is 0. The topological polar surface area (TPSA) is 57.5 Å². The van der Waals surface area contributed by atoms with Crippen LogP contribution < -0.4 is 0 Å². The summed E-state index contributed by atoms with van der Waals surface area (Å²) in [4.78, 5) is 10.0. The molecule has 0 saturated carbocycles. The molecular formula is C5H9ClO3. The molecule has 2 N–H and O–H groups in total. The van der Waals surface area contributed by atoms with Gasteiger partial charge in [0.25, 0.3) is 0 Å². The van der Waals surface area contributed by atoms with E-state index < -0.39 is 17.5 Å². The number of alkyl halides is 1. The van der Waals surface area contributed by atoms with E-state index in [1.54, 1.807) is 6.92 Å². The van der Waals surface area contributed by atoms with Crippen molar-refractivity contribution in [3.63, 3.8) is 0 Å². The highest BCUT2D eigenvalue weighted by Crippen LogP contribution is 2.05. The predicted molar refractivity (Wildman–Crippen MR) is 33.6 cm³/mol. The number of carboxylic acid groups (broad SMARTS) is 1. The van der Waals surface area contributed by atoms with Crippen LogP contribution in [0.4, 0.5) is 0 Å². The molecule has 0 aliphatic heterocycles. The van der Waals surface area contributed by atoms with Crippen molar-refractivity contribution >= 4 is 17.6 Å². The molecule has 0 bridgehead atoms. The zero-order valence-electron chi connectivity index (χ0n) is 5.04. The van der Waals surface area contributed by atoms with E-state index in [0.29, 0.717) is 6.42 Å². The molecule has 0 aliphatic carbocycles. The first-order chi connectivity index (χ1) is 4.09. The largest absolute Gasteiger partial charge is 0.480 e. The van der Waals surface area contributed by atoms with Crippen LogP contribution in [0, 0.1) is 0 Å². The van der Waals surface area contributed by atoms with Crippen molar-refractivity contribution in [1.82, 2.24) is 0 Å². The Hall–Kier alpha value is -0.280. The minimum atomic E-state index is -1.17. The molecule has 0 aromatic rings. The summed E-state index contributed by atoms with van der Waals surface area (Å²) in [6.45, 7) is 1.67. The molecule has 0 heterocycles. The summed E-state index contributed by atoms with van der Waals surface area (Å²) >= 11 is 5.22. The molecule has 4 heteroatoms.